The third-order valence-corrected chi connectivity index (χ3v) is 6.73. The van der Waals surface area contributed by atoms with Crippen LogP contribution in [-0.2, 0) is 10.0 Å². The average molecular weight is 447 g/mol. The summed E-state index contributed by atoms with van der Waals surface area (Å²) >= 11 is 8.04. The molecule has 20 heavy (non-hydrogen) atoms. The van der Waals surface area contributed by atoms with Gasteiger partial charge in [0.2, 0.25) is 10.0 Å². The summed E-state index contributed by atoms with van der Waals surface area (Å²) in [5.74, 6) is 0.453. The lowest BCUT2D eigenvalue weighted by Gasteiger charge is -2.22. The van der Waals surface area contributed by atoms with Gasteiger partial charge < -0.3 is 5.11 Å². The van der Waals surface area contributed by atoms with Crippen LogP contribution in [-0.4, -0.2) is 37.7 Å². The van der Waals surface area contributed by atoms with Gasteiger partial charge in [-0.15, -0.1) is 0 Å². The van der Waals surface area contributed by atoms with Gasteiger partial charge in [0.1, 0.15) is 0 Å². The van der Waals surface area contributed by atoms with Crippen molar-refractivity contribution in [1.82, 2.24) is 4.72 Å². The van der Waals surface area contributed by atoms with Gasteiger partial charge in [0, 0.05) is 21.2 Å². The van der Waals surface area contributed by atoms with Crippen molar-refractivity contribution in [2.45, 2.75) is 24.3 Å². The zero-order valence-corrected chi connectivity index (χ0v) is 16.2. The summed E-state index contributed by atoms with van der Waals surface area (Å²) in [6.07, 6.45) is 1.86. The van der Waals surface area contributed by atoms with Crippen LogP contribution in [0.4, 0.5) is 0 Å². The first-order valence-electron chi connectivity index (χ1n) is 5.76. The van der Waals surface area contributed by atoms with Crippen molar-refractivity contribution in [1.29, 1.82) is 0 Å². The summed E-state index contributed by atoms with van der Waals surface area (Å²) in [6.45, 7) is 3.45. The number of aryl methyl sites for hydroxylation is 1. The number of halogens is 2. The first-order chi connectivity index (χ1) is 9.09. The SMILES string of the molecule is CSCC(C)(O)CNS(=O)(=O)c1cc(Br)c(C)cc1Br. The number of hydrogen-bond acceptors (Lipinski definition) is 4. The minimum atomic E-state index is -3.68. The van der Waals surface area contributed by atoms with Crippen LogP contribution < -0.4 is 4.72 Å². The summed E-state index contributed by atoms with van der Waals surface area (Å²) in [5, 5.41) is 10.0. The van der Waals surface area contributed by atoms with Crippen molar-refractivity contribution >= 4 is 53.6 Å². The predicted octanol–water partition coefficient (Wildman–Crippen LogP) is 2.91. The number of sulfonamides is 1. The minimum Gasteiger partial charge on any atom is -0.388 e. The number of aliphatic hydroxyl groups is 1. The van der Waals surface area contributed by atoms with E-state index in [1.807, 2.05) is 13.2 Å². The Balaban J connectivity index is 2.98. The van der Waals surface area contributed by atoms with Gasteiger partial charge in [-0.25, -0.2) is 13.1 Å². The fourth-order valence-electron chi connectivity index (χ4n) is 1.52. The van der Waals surface area contributed by atoms with E-state index in [1.54, 1.807) is 19.1 Å². The molecule has 0 aromatic heterocycles. The van der Waals surface area contributed by atoms with Gasteiger partial charge in [0.25, 0.3) is 0 Å². The van der Waals surface area contributed by atoms with E-state index in [-0.39, 0.29) is 11.4 Å². The average Bonchev–Trinajstić information content (AvgIpc) is 2.31. The predicted molar refractivity (Wildman–Crippen MR) is 90.8 cm³/mol. The Morgan fingerprint density at radius 3 is 2.50 bits per heavy atom. The van der Waals surface area contributed by atoms with Gasteiger partial charge in [0.15, 0.2) is 0 Å². The zero-order chi connectivity index (χ0) is 15.6. The van der Waals surface area contributed by atoms with Gasteiger partial charge in [-0.1, -0.05) is 15.9 Å². The Morgan fingerprint density at radius 2 is 1.95 bits per heavy atom. The van der Waals surface area contributed by atoms with Gasteiger partial charge in [-0.3, -0.25) is 0 Å². The second kappa shape index (κ2) is 7.11. The molecule has 2 N–H and O–H groups in total. The molecule has 1 atom stereocenters. The summed E-state index contributed by atoms with van der Waals surface area (Å²) in [7, 11) is -3.68. The number of thioether (sulfide) groups is 1. The lowest BCUT2D eigenvalue weighted by Crippen LogP contribution is -2.42. The summed E-state index contributed by atoms with van der Waals surface area (Å²) in [4.78, 5) is 0.148. The van der Waals surface area contributed by atoms with Crippen molar-refractivity contribution in [3.05, 3.63) is 26.6 Å². The smallest absolute Gasteiger partial charge is 0.241 e. The normalized spacial score (nSPS) is 15.1. The number of hydrogen-bond donors (Lipinski definition) is 2. The molecule has 0 aliphatic rings. The molecule has 1 aromatic carbocycles. The molecule has 0 amide bonds. The Bertz CT molecular complexity index is 589. The maximum Gasteiger partial charge on any atom is 0.241 e. The third-order valence-electron chi connectivity index (χ3n) is 2.60. The first-order valence-corrected chi connectivity index (χ1v) is 10.2. The van der Waals surface area contributed by atoms with E-state index in [1.165, 1.54) is 11.8 Å². The van der Waals surface area contributed by atoms with Crippen LogP contribution >= 0.6 is 43.6 Å². The fraction of sp³-hybridized carbons (Fsp3) is 0.500. The van der Waals surface area contributed by atoms with Crippen LogP contribution in [0.2, 0.25) is 0 Å². The molecule has 114 valence electrons. The molecule has 0 bridgehead atoms. The van der Waals surface area contributed by atoms with E-state index in [2.05, 4.69) is 36.6 Å². The topological polar surface area (TPSA) is 66.4 Å². The molecule has 4 nitrogen and oxygen atoms in total. The third kappa shape index (κ3) is 4.99. The maximum atomic E-state index is 12.3. The van der Waals surface area contributed by atoms with Crippen molar-refractivity contribution in [2.24, 2.45) is 0 Å². The number of benzene rings is 1. The Hall–Kier alpha value is 0.400. The molecular weight excluding hydrogens is 430 g/mol. The minimum absolute atomic E-state index is 0.0336. The molecule has 1 aromatic rings. The summed E-state index contributed by atoms with van der Waals surface area (Å²) in [5.41, 5.74) is -0.147. The summed E-state index contributed by atoms with van der Waals surface area (Å²) < 4.78 is 28.2. The largest absolute Gasteiger partial charge is 0.388 e. The summed E-state index contributed by atoms with van der Waals surface area (Å²) in [6, 6.07) is 3.28. The van der Waals surface area contributed by atoms with E-state index in [4.69, 9.17) is 0 Å². The van der Waals surface area contributed by atoms with Crippen LogP contribution in [0.3, 0.4) is 0 Å². The van der Waals surface area contributed by atoms with Crippen molar-refractivity contribution in [3.8, 4) is 0 Å². The van der Waals surface area contributed by atoms with E-state index in [0.29, 0.717) is 10.2 Å². The van der Waals surface area contributed by atoms with Crippen LogP contribution in [0.5, 0.6) is 0 Å². The second-order valence-corrected chi connectivity index (χ2v) is 9.10. The van der Waals surface area contributed by atoms with Crippen LogP contribution in [0.1, 0.15) is 12.5 Å². The standard InChI is InChI=1S/C12H17Br2NO3S2/c1-8-4-10(14)11(5-9(8)13)20(17,18)15-6-12(2,16)7-19-3/h4-5,15-16H,6-7H2,1-3H3. The van der Waals surface area contributed by atoms with E-state index >= 15 is 0 Å². The molecule has 0 fully saturated rings. The van der Waals surface area contributed by atoms with E-state index in [9.17, 15) is 13.5 Å². The molecule has 0 saturated carbocycles. The number of rotatable bonds is 6. The lowest BCUT2D eigenvalue weighted by molar-refractivity contribution is 0.0908. The molecule has 8 heteroatoms. The van der Waals surface area contributed by atoms with Gasteiger partial charge in [-0.2, -0.15) is 11.8 Å². The van der Waals surface area contributed by atoms with Crippen molar-refractivity contribution in [3.63, 3.8) is 0 Å². The molecule has 1 unspecified atom stereocenters. The zero-order valence-electron chi connectivity index (χ0n) is 11.4. The maximum absolute atomic E-state index is 12.3. The van der Waals surface area contributed by atoms with Crippen molar-refractivity contribution < 1.29 is 13.5 Å². The molecule has 0 saturated heterocycles. The molecular formula is C12H17Br2NO3S2. The van der Waals surface area contributed by atoms with Crippen LogP contribution in [0.15, 0.2) is 26.0 Å². The molecule has 0 aliphatic carbocycles. The molecule has 0 aliphatic heterocycles. The Morgan fingerprint density at radius 1 is 1.35 bits per heavy atom. The van der Waals surface area contributed by atoms with Crippen molar-refractivity contribution in [2.75, 3.05) is 18.6 Å². The lowest BCUT2D eigenvalue weighted by atomic mass is 10.1. The first kappa shape index (κ1) is 18.4. The highest BCUT2D eigenvalue weighted by Gasteiger charge is 2.25. The fourth-order valence-corrected chi connectivity index (χ4v) is 5.09. The Labute approximate surface area is 141 Å². The monoisotopic (exact) mass is 445 g/mol. The van der Waals surface area contributed by atoms with Gasteiger partial charge in [-0.05, 0) is 53.7 Å². The van der Waals surface area contributed by atoms with Crippen LogP contribution in [0.25, 0.3) is 0 Å². The van der Waals surface area contributed by atoms with E-state index in [0.717, 1.165) is 10.0 Å². The highest BCUT2D eigenvalue weighted by Crippen LogP contribution is 2.28. The quantitative estimate of drug-likeness (QED) is 0.704. The van der Waals surface area contributed by atoms with E-state index < -0.39 is 15.6 Å². The number of nitrogens with one attached hydrogen (secondary N) is 1. The molecule has 1 rings (SSSR count). The molecule has 0 spiro atoms. The van der Waals surface area contributed by atoms with Gasteiger partial charge in [0.05, 0.1) is 10.5 Å². The molecule has 0 heterocycles. The second-order valence-electron chi connectivity index (χ2n) is 4.79. The van der Waals surface area contributed by atoms with Crippen LogP contribution in [0, 0.1) is 6.92 Å². The molecule has 0 radical (unpaired) electrons. The highest BCUT2D eigenvalue weighted by molar-refractivity contribution is 9.11. The highest BCUT2D eigenvalue weighted by atomic mass is 79.9. The Kier molecular flexibility index (Phi) is 6.56. The van der Waals surface area contributed by atoms with Gasteiger partial charge >= 0.3 is 0 Å².